The molecule has 0 fully saturated rings. The predicted molar refractivity (Wildman–Crippen MR) is 74.7 cm³/mol. The summed E-state index contributed by atoms with van der Waals surface area (Å²) in [6.07, 6.45) is 0.142. The number of rotatable bonds is 1. The third-order valence-corrected chi connectivity index (χ3v) is 3.68. The van der Waals surface area contributed by atoms with Gasteiger partial charge in [0.1, 0.15) is 11.5 Å². The maximum Gasteiger partial charge on any atom is 0.312 e. The Kier molecular flexibility index (Phi) is 2.97. The molecule has 5 heteroatoms. The van der Waals surface area contributed by atoms with Crippen LogP contribution in [0.3, 0.4) is 0 Å². The van der Waals surface area contributed by atoms with Gasteiger partial charge in [0, 0.05) is 17.5 Å². The van der Waals surface area contributed by atoms with Gasteiger partial charge < -0.3 is 20.1 Å². The zero-order chi connectivity index (χ0) is 15.1. The monoisotopic (exact) mass is 286 g/mol. The first-order chi connectivity index (χ1) is 9.95. The largest absolute Gasteiger partial charge is 0.508 e. The fourth-order valence-electron chi connectivity index (χ4n) is 2.75. The van der Waals surface area contributed by atoms with Gasteiger partial charge in [-0.3, -0.25) is 4.79 Å². The second-order valence-electron chi connectivity index (χ2n) is 5.15. The molecule has 1 heterocycles. The average molecular weight is 286 g/mol. The highest BCUT2D eigenvalue weighted by molar-refractivity contribution is 5.78. The van der Waals surface area contributed by atoms with Crippen LogP contribution in [0, 0.1) is 6.92 Å². The van der Waals surface area contributed by atoms with Crippen LogP contribution >= 0.6 is 0 Å². The minimum atomic E-state index is -0.398. The molecule has 0 aromatic heterocycles. The maximum absolute atomic E-state index is 11.8. The van der Waals surface area contributed by atoms with Crippen LogP contribution in [-0.2, 0) is 4.79 Å². The van der Waals surface area contributed by atoms with Crippen LogP contribution in [-0.4, -0.2) is 21.3 Å². The molecule has 0 saturated heterocycles. The van der Waals surface area contributed by atoms with Crippen molar-refractivity contribution in [3.8, 4) is 23.0 Å². The van der Waals surface area contributed by atoms with Crippen molar-refractivity contribution in [1.29, 1.82) is 0 Å². The molecule has 0 saturated carbocycles. The number of hydrogen-bond acceptors (Lipinski definition) is 5. The van der Waals surface area contributed by atoms with Crippen molar-refractivity contribution in [2.45, 2.75) is 19.3 Å². The van der Waals surface area contributed by atoms with Gasteiger partial charge in [0.2, 0.25) is 0 Å². The van der Waals surface area contributed by atoms with Crippen LogP contribution < -0.4 is 4.74 Å². The van der Waals surface area contributed by atoms with E-state index in [1.165, 1.54) is 18.2 Å². The molecule has 2 aromatic carbocycles. The highest BCUT2D eigenvalue weighted by atomic mass is 16.5. The van der Waals surface area contributed by atoms with Crippen molar-refractivity contribution in [3.05, 3.63) is 47.0 Å². The van der Waals surface area contributed by atoms with E-state index in [0.717, 1.165) is 11.1 Å². The first-order valence-corrected chi connectivity index (χ1v) is 6.52. The topological polar surface area (TPSA) is 87.0 Å². The van der Waals surface area contributed by atoms with Gasteiger partial charge in [-0.1, -0.05) is 6.07 Å². The van der Waals surface area contributed by atoms with Gasteiger partial charge in [-0.05, 0) is 36.2 Å². The van der Waals surface area contributed by atoms with Crippen molar-refractivity contribution in [3.63, 3.8) is 0 Å². The molecule has 0 aliphatic carbocycles. The maximum atomic E-state index is 11.8. The number of carbonyl (C=O) groups is 1. The fourth-order valence-corrected chi connectivity index (χ4v) is 2.75. The van der Waals surface area contributed by atoms with E-state index in [4.69, 9.17) is 4.74 Å². The van der Waals surface area contributed by atoms with Crippen LogP contribution in [0.15, 0.2) is 30.3 Å². The standard InChI is InChI=1S/C16H14O5/c1-8-4-10(17)6-14-16(8)11(7-15(20)21-14)9-2-3-12(18)13(19)5-9/h2-6,11,17-19H,7H2,1H3/t11-/m0/s1. The Hall–Kier alpha value is -2.69. The van der Waals surface area contributed by atoms with Crippen molar-refractivity contribution in [1.82, 2.24) is 0 Å². The predicted octanol–water partition coefficient (Wildman–Crippen LogP) is 2.55. The van der Waals surface area contributed by atoms with E-state index in [0.29, 0.717) is 11.3 Å². The number of aryl methyl sites for hydroxylation is 1. The second-order valence-corrected chi connectivity index (χ2v) is 5.15. The van der Waals surface area contributed by atoms with Crippen molar-refractivity contribution < 1.29 is 24.9 Å². The van der Waals surface area contributed by atoms with Crippen LogP contribution in [0.4, 0.5) is 0 Å². The number of hydrogen-bond donors (Lipinski definition) is 3. The Balaban J connectivity index is 2.16. The van der Waals surface area contributed by atoms with Crippen LogP contribution in [0.25, 0.3) is 0 Å². The lowest BCUT2D eigenvalue weighted by Gasteiger charge is -2.27. The summed E-state index contributed by atoms with van der Waals surface area (Å²) in [6.45, 7) is 1.82. The van der Waals surface area contributed by atoms with Crippen LogP contribution in [0.2, 0.25) is 0 Å². The summed E-state index contributed by atoms with van der Waals surface area (Å²) in [5, 5.41) is 28.7. The van der Waals surface area contributed by atoms with Gasteiger partial charge in [0.25, 0.3) is 0 Å². The van der Waals surface area contributed by atoms with Gasteiger partial charge >= 0.3 is 5.97 Å². The lowest BCUT2D eigenvalue weighted by molar-refractivity contribution is -0.135. The summed E-state index contributed by atoms with van der Waals surface area (Å²) in [4.78, 5) is 11.8. The number of phenols is 3. The van der Waals surface area contributed by atoms with Gasteiger partial charge in [-0.25, -0.2) is 0 Å². The Labute approximate surface area is 121 Å². The summed E-state index contributed by atoms with van der Waals surface area (Å²) < 4.78 is 5.19. The summed E-state index contributed by atoms with van der Waals surface area (Å²) in [5.74, 6) is -0.753. The van der Waals surface area contributed by atoms with Crippen LogP contribution in [0.1, 0.15) is 29.0 Å². The third kappa shape index (κ3) is 2.27. The molecule has 3 N–H and O–H groups in total. The van der Waals surface area contributed by atoms with Crippen LogP contribution in [0.5, 0.6) is 23.0 Å². The second kappa shape index (κ2) is 4.70. The number of carbonyl (C=O) groups excluding carboxylic acids is 1. The number of esters is 1. The van der Waals surface area contributed by atoms with E-state index in [1.807, 2.05) is 6.92 Å². The van der Waals surface area contributed by atoms with E-state index < -0.39 is 5.97 Å². The zero-order valence-electron chi connectivity index (χ0n) is 11.3. The Morgan fingerprint density at radius 2 is 1.86 bits per heavy atom. The number of aromatic hydroxyl groups is 3. The number of ether oxygens (including phenoxy) is 1. The normalized spacial score (nSPS) is 17.2. The minimum absolute atomic E-state index is 0.0354. The summed E-state index contributed by atoms with van der Waals surface area (Å²) in [5.41, 5.74) is 2.31. The molecule has 3 rings (SSSR count). The van der Waals surface area contributed by atoms with E-state index in [2.05, 4.69) is 0 Å². The van der Waals surface area contributed by atoms with E-state index in [-0.39, 0.29) is 29.6 Å². The molecule has 108 valence electrons. The van der Waals surface area contributed by atoms with Gasteiger partial charge in [-0.15, -0.1) is 0 Å². The molecule has 21 heavy (non-hydrogen) atoms. The highest BCUT2D eigenvalue weighted by Crippen LogP contribution is 2.43. The highest BCUT2D eigenvalue weighted by Gasteiger charge is 2.30. The van der Waals surface area contributed by atoms with E-state index in [9.17, 15) is 20.1 Å². The van der Waals surface area contributed by atoms with E-state index >= 15 is 0 Å². The molecule has 0 spiro atoms. The first-order valence-electron chi connectivity index (χ1n) is 6.52. The number of benzene rings is 2. The average Bonchev–Trinajstić information content (AvgIpc) is 2.40. The van der Waals surface area contributed by atoms with Crippen molar-refractivity contribution in [2.24, 2.45) is 0 Å². The molecule has 0 bridgehead atoms. The molecule has 1 aliphatic heterocycles. The van der Waals surface area contributed by atoms with Gasteiger partial charge in [0.15, 0.2) is 11.5 Å². The number of phenolic OH excluding ortho intramolecular Hbond substituents is 3. The molecule has 0 radical (unpaired) electrons. The molecule has 1 aliphatic rings. The zero-order valence-corrected chi connectivity index (χ0v) is 11.3. The Morgan fingerprint density at radius 1 is 1.10 bits per heavy atom. The summed E-state index contributed by atoms with van der Waals surface area (Å²) in [6, 6.07) is 7.50. The van der Waals surface area contributed by atoms with Gasteiger partial charge in [-0.2, -0.15) is 0 Å². The SMILES string of the molecule is Cc1cc(O)cc2c1[C@H](c1ccc(O)c(O)c1)CC(=O)O2. The minimum Gasteiger partial charge on any atom is -0.508 e. The third-order valence-electron chi connectivity index (χ3n) is 3.68. The lowest BCUT2D eigenvalue weighted by Crippen LogP contribution is -2.21. The fraction of sp³-hybridized carbons (Fsp3) is 0.188. The van der Waals surface area contributed by atoms with Gasteiger partial charge in [0.05, 0.1) is 6.42 Å². The summed E-state index contributed by atoms with van der Waals surface area (Å²) in [7, 11) is 0. The smallest absolute Gasteiger partial charge is 0.312 e. The Morgan fingerprint density at radius 3 is 2.57 bits per heavy atom. The molecular weight excluding hydrogens is 272 g/mol. The first kappa shape index (κ1) is 13.3. The molecule has 1 atom stereocenters. The van der Waals surface area contributed by atoms with Crippen molar-refractivity contribution in [2.75, 3.05) is 0 Å². The van der Waals surface area contributed by atoms with Crippen molar-refractivity contribution >= 4 is 5.97 Å². The lowest BCUT2D eigenvalue weighted by atomic mass is 9.84. The molecular formula is C16H14O5. The quantitative estimate of drug-likeness (QED) is 0.426. The van der Waals surface area contributed by atoms with E-state index in [1.54, 1.807) is 12.1 Å². The molecule has 0 amide bonds. The number of fused-ring (bicyclic) bond motifs is 1. The molecule has 2 aromatic rings. The molecule has 5 nitrogen and oxygen atoms in total. The Bertz CT molecular complexity index is 736. The summed E-state index contributed by atoms with van der Waals surface area (Å²) >= 11 is 0. The molecule has 0 unspecified atom stereocenters.